The van der Waals surface area contributed by atoms with Gasteiger partial charge in [0.1, 0.15) is 5.75 Å². The van der Waals surface area contributed by atoms with E-state index in [1.165, 1.54) is 0 Å². The molecule has 26 heavy (non-hydrogen) atoms. The molecule has 2 unspecified atom stereocenters. The van der Waals surface area contributed by atoms with Crippen LogP contribution in [0.2, 0.25) is 0 Å². The number of hydrogen-bond acceptors (Lipinski definition) is 4. The van der Waals surface area contributed by atoms with Crippen molar-refractivity contribution in [1.82, 2.24) is 0 Å². The van der Waals surface area contributed by atoms with Crippen LogP contribution in [-0.2, 0) is 9.53 Å². The average Bonchev–Trinajstić information content (AvgIpc) is 3.00. The summed E-state index contributed by atoms with van der Waals surface area (Å²) in [6.45, 7) is 4.21. The molecule has 2 aromatic rings. The summed E-state index contributed by atoms with van der Waals surface area (Å²) in [4.78, 5) is 24.6. The van der Waals surface area contributed by atoms with Gasteiger partial charge in [-0.1, -0.05) is 29.8 Å². The second-order valence-electron chi connectivity index (χ2n) is 6.59. The van der Waals surface area contributed by atoms with Gasteiger partial charge in [0.05, 0.1) is 25.2 Å². The lowest BCUT2D eigenvalue weighted by Gasteiger charge is -2.20. The Balaban J connectivity index is 1.70. The van der Waals surface area contributed by atoms with Gasteiger partial charge in [-0.2, -0.15) is 0 Å². The van der Waals surface area contributed by atoms with Gasteiger partial charge in [0.2, 0.25) is 0 Å². The molecular formula is C22H22O4. The fourth-order valence-corrected chi connectivity index (χ4v) is 3.34. The maximum absolute atomic E-state index is 12.4. The molecule has 1 aliphatic rings. The summed E-state index contributed by atoms with van der Waals surface area (Å²) in [5.74, 6) is -0.103. The van der Waals surface area contributed by atoms with E-state index in [1.54, 1.807) is 37.5 Å². The second-order valence-corrected chi connectivity index (χ2v) is 6.59. The van der Waals surface area contributed by atoms with E-state index >= 15 is 0 Å². The molecule has 2 aromatic carbocycles. The molecule has 0 aliphatic heterocycles. The first-order chi connectivity index (χ1) is 12.5. The molecule has 2 atom stereocenters. The molecule has 0 aromatic heterocycles. The molecule has 4 heteroatoms. The summed E-state index contributed by atoms with van der Waals surface area (Å²) in [6.07, 6.45) is 3.43. The first-order valence-electron chi connectivity index (χ1n) is 8.60. The summed E-state index contributed by atoms with van der Waals surface area (Å²) >= 11 is 0. The van der Waals surface area contributed by atoms with E-state index in [9.17, 15) is 9.59 Å². The van der Waals surface area contributed by atoms with Crippen LogP contribution in [-0.4, -0.2) is 25.5 Å². The number of hydrogen-bond donors (Lipinski definition) is 0. The van der Waals surface area contributed by atoms with E-state index in [-0.39, 0.29) is 24.2 Å². The zero-order valence-corrected chi connectivity index (χ0v) is 15.2. The molecule has 0 spiro atoms. The standard InChI is InChI=1S/C22H22O4/c1-14-4-10-19(15(2)12-14)21-17(7-11-20(21)23)13-26-22(24)16-5-8-18(25-3)9-6-16/h4-12,17,21H,13H2,1-3H3. The molecule has 134 valence electrons. The van der Waals surface area contributed by atoms with Crippen molar-refractivity contribution in [2.24, 2.45) is 5.92 Å². The second kappa shape index (κ2) is 7.56. The van der Waals surface area contributed by atoms with Gasteiger partial charge >= 0.3 is 5.97 Å². The van der Waals surface area contributed by atoms with Crippen molar-refractivity contribution in [3.05, 3.63) is 76.9 Å². The van der Waals surface area contributed by atoms with Crippen LogP contribution in [0.15, 0.2) is 54.6 Å². The maximum atomic E-state index is 12.4. The quantitative estimate of drug-likeness (QED) is 0.765. The third kappa shape index (κ3) is 3.69. The third-order valence-corrected chi connectivity index (χ3v) is 4.74. The predicted molar refractivity (Wildman–Crippen MR) is 99.6 cm³/mol. The lowest BCUT2D eigenvalue weighted by Crippen LogP contribution is -2.21. The molecule has 0 radical (unpaired) electrons. The zero-order valence-electron chi connectivity index (χ0n) is 15.2. The molecule has 3 rings (SSSR count). The largest absolute Gasteiger partial charge is 0.497 e. The highest BCUT2D eigenvalue weighted by atomic mass is 16.5. The number of carbonyl (C=O) groups is 2. The smallest absolute Gasteiger partial charge is 0.338 e. The minimum atomic E-state index is -0.403. The summed E-state index contributed by atoms with van der Waals surface area (Å²) in [5.41, 5.74) is 3.70. The van der Waals surface area contributed by atoms with Gasteiger partial charge in [-0.05, 0) is 55.3 Å². The van der Waals surface area contributed by atoms with Crippen LogP contribution < -0.4 is 4.74 Å². The minimum Gasteiger partial charge on any atom is -0.497 e. The number of benzene rings is 2. The Labute approximate surface area is 153 Å². The molecule has 0 bridgehead atoms. The van der Waals surface area contributed by atoms with Crippen LogP contribution in [0.3, 0.4) is 0 Å². The van der Waals surface area contributed by atoms with Crippen LogP contribution in [0.4, 0.5) is 0 Å². The minimum absolute atomic E-state index is 0.0578. The Morgan fingerprint density at radius 3 is 2.46 bits per heavy atom. The van der Waals surface area contributed by atoms with E-state index in [1.807, 2.05) is 32.1 Å². The van der Waals surface area contributed by atoms with Crippen LogP contribution >= 0.6 is 0 Å². The van der Waals surface area contributed by atoms with Gasteiger partial charge in [0.25, 0.3) is 0 Å². The van der Waals surface area contributed by atoms with Crippen molar-refractivity contribution in [2.45, 2.75) is 19.8 Å². The summed E-state index contributed by atoms with van der Waals surface area (Å²) in [6, 6.07) is 12.8. The number of rotatable bonds is 5. The molecule has 0 N–H and O–H groups in total. The van der Waals surface area contributed by atoms with Gasteiger partial charge in [0.15, 0.2) is 5.78 Å². The summed E-state index contributed by atoms with van der Waals surface area (Å²) in [7, 11) is 1.57. The summed E-state index contributed by atoms with van der Waals surface area (Å²) < 4.78 is 10.6. The van der Waals surface area contributed by atoms with Crippen molar-refractivity contribution in [1.29, 1.82) is 0 Å². The van der Waals surface area contributed by atoms with E-state index in [0.29, 0.717) is 11.3 Å². The Hall–Kier alpha value is -2.88. The highest BCUT2D eigenvalue weighted by molar-refractivity contribution is 5.98. The molecule has 4 nitrogen and oxygen atoms in total. The Morgan fingerprint density at radius 2 is 1.81 bits per heavy atom. The van der Waals surface area contributed by atoms with Crippen molar-refractivity contribution >= 4 is 11.8 Å². The van der Waals surface area contributed by atoms with Gasteiger partial charge in [0, 0.05) is 5.92 Å². The molecular weight excluding hydrogens is 328 g/mol. The SMILES string of the molecule is COc1ccc(C(=O)OCC2C=CC(=O)C2c2ccc(C)cc2C)cc1. The van der Waals surface area contributed by atoms with E-state index in [0.717, 1.165) is 16.7 Å². The Kier molecular flexibility index (Phi) is 5.21. The lowest BCUT2D eigenvalue weighted by molar-refractivity contribution is -0.116. The normalized spacial score (nSPS) is 18.8. The van der Waals surface area contributed by atoms with E-state index in [2.05, 4.69) is 6.07 Å². The zero-order chi connectivity index (χ0) is 18.7. The van der Waals surface area contributed by atoms with E-state index in [4.69, 9.17) is 9.47 Å². The molecule has 0 saturated carbocycles. The fourth-order valence-electron chi connectivity index (χ4n) is 3.34. The molecule has 0 amide bonds. The monoisotopic (exact) mass is 350 g/mol. The summed E-state index contributed by atoms with van der Waals surface area (Å²) in [5, 5.41) is 0. The van der Waals surface area contributed by atoms with Crippen molar-refractivity contribution in [2.75, 3.05) is 13.7 Å². The average molecular weight is 350 g/mol. The number of ether oxygens (including phenoxy) is 2. The van der Waals surface area contributed by atoms with Crippen molar-refractivity contribution < 1.29 is 19.1 Å². The molecule has 0 fully saturated rings. The van der Waals surface area contributed by atoms with E-state index < -0.39 is 5.97 Å². The fraction of sp³-hybridized carbons (Fsp3) is 0.273. The topological polar surface area (TPSA) is 52.6 Å². The van der Waals surface area contributed by atoms with Gasteiger partial charge < -0.3 is 9.47 Å². The third-order valence-electron chi connectivity index (χ3n) is 4.74. The van der Waals surface area contributed by atoms with Crippen molar-refractivity contribution in [3.8, 4) is 5.75 Å². The van der Waals surface area contributed by atoms with Crippen LogP contribution in [0.5, 0.6) is 5.75 Å². The highest BCUT2D eigenvalue weighted by Gasteiger charge is 2.33. The van der Waals surface area contributed by atoms with Gasteiger partial charge in [-0.3, -0.25) is 4.79 Å². The lowest BCUT2D eigenvalue weighted by atomic mass is 9.85. The number of ketones is 1. The molecule has 0 heterocycles. The van der Waals surface area contributed by atoms with Crippen LogP contribution in [0.1, 0.15) is 33.0 Å². The first kappa shape index (κ1) is 17.9. The first-order valence-corrected chi connectivity index (χ1v) is 8.60. The highest BCUT2D eigenvalue weighted by Crippen LogP contribution is 2.34. The number of methoxy groups -OCH3 is 1. The Bertz CT molecular complexity index is 849. The predicted octanol–water partition coefficient (Wildman–Crippen LogP) is 4.01. The number of aryl methyl sites for hydroxylation is 2. The van der Waals surface area contributed by atoms with Gasteiger partial charge in [-0.15, -0.1) is 0 Å². The molecule has 0 saturated heterocycles. The Morgan fingerprint density at radius 1 is 1.08 bits per heavy atom. The van der Waals surface area contributed by atoms with Crippen LogP contribution in [0, 0.1) is 19.8 Å². The van der Waals surface area contributed by atoms with Crippen molar-refractivity contribution in [3.63, 3.8) is 0 Å². The van der Waals surface area contributed by atoms with Crippen LogP contribution in [0.25, 0.3) is 0 Å². The number of allylic oxidation sites excluding steroid dienone is 1. The molecule has 1 aliphatic carbocycles. The number of esters is 1. The van der Waals surface area contributed by atoms with Gasteiger partial charge in [-0.25, -0.2) is 4.79 Å². The maximum Gasteiger partial charge on any atom is 0.338 e. The number of carbonyl (C=O) groups excluding carboxylic acids is 2.